The first kappa shape index (κ1) is 23.2. The molecule has 1 saturated heterocycles. The van der Waals surface area contributed by atoms with Crippen LogP contribution in [-0.2, 0) is 14.1 Å². The molecule has 1 aliphatic rings. The van der Waals surface area contributed by atoms with Gasteiger partial charge in [0.1, 0.15) is 5.75 Å². The second-order valence-corrected chi connectivity index (χ2v) is 9.30. The van der Waals surface area contributed by atoms with E-state index in [1.165, 1.54) is 0 Å². The topological polar surface area (TPSA) is 95.7 Å². The van der Waals surface area contributed by atoms with E-state index in [0.717, 1.165) is 16.2 Å². The number of nitrogens with one attached hydrogen (secondary N) is 1. The van der Waals surface area contributed by atoms with E-state index < -0.39 is 24.2 Å². The molecule has 7 nitrogen and oxygen atoms in total. The van der Waals surface area contributed by atoms with Crippen LogP contribution in [0.2, 0.25) is 0 Å². The average Bonchev–Trinajstić information content (AvgIpc) is 3.01. The predicted octanol–water partition coefficient (Wildman–Crippen LogP) is 3.22. The molecular weight excluding hydrogens is 417 g/mol. The predicted molar refractivity (Wildman–Crippen MR) is 131 cm³/mol. The van der Waals surface area contributed by atoms with Crippen LogP contribution >= 0.6 is 0 Å². The maximum atomic E-state index is 13.3. The second-order valence-electron chi connectivity index (χ2n) is 9.30. The number of aromatic nitrogens is 1. The van der Waals surface area contributed by atoms with Crippen LogP contribution < -0.4 is 21.3 Å². The molecule has 1 aromatic heterocycles. The van der Waals surface area contributed by atoms with Crippen LogP contribution in [0.5, 0.6) is 5.75 Å². The van der Waals surface area contributed by atoms with E-state index in [0.29, 0.717) is 17.0 Å². The van der Waals surface area contributed by atoms with Crippen molar-refractivity contribution in [1.82, 2.24) is 4.98 Å². The molecule has 1 atom stereocenters. The Morgan fingerprint density at radius 2 is 1.82 bits per heavy atom. The molecule has 172 valence electrons. The molecule has 2 heterocycles. The fraction of sp³-hybridized carbons (Fsp3) is 0.360. The summed E-state index contributed by atoms with van der Waals surface area (Å²) in [4.78, 5) is 17.4. The molecule has 2 aromatic carbocycles. The third-order valence-corrected chi connectivity index (χ3v) is 6.61. The number of nitrogens with zero attached hydrogens (tertiary/aromatic N) is 1. The lowest BCUT2D eigenvalue weighted by molar-refractivity contribution is -0.117. The van der Waals surface area contributed by atoms with Gasteiger partial charge in [-0.1, -0.05) is 18.2 Å². The third-order valence-electron chi connectivity index (χ3n) is 6.61. The fourth-order valence-corrected chi connectivity index (χ4v) is 3.92. The zero-order valence-electron chi connectivity index (χ0n) is 19.7. The van der Waals surface area contributed by atoms with Gasteiger partial charge < -0.3 is 25.1 Å². The van der Waals surface area contributed by atoms with E-state index in [2.05, 4.69) is 10.3 Å². The number of pyridine rings is 1. The van der Waals surface area contributed by atoms with Crippen molar-refractivity contribution in [3.63, 3.8) is 0 Å². The molecule has 1 aliphatic heterocycles. The minimum atomic E-state index is -0.615. The van der Waals surface area contributed by atoms with Crippen LogP contribution in [0, 0.1) is 0 Å². The summed E-state index contributed by atoms with van der Waals surface area (Å²) >= 11 is 0. The van der Waals surface area contributed by atoms with Gasteiger partial charge in [0, 0.05) is 35.6 Å². The Morgan fingerprint density at radius 3 is 2.48 bits per heavy atom. The van der Waals surface area contributed by atoms with Crippen LogP contribution in [0.1, 0.15) is 39.2 Å². The van der Waals surface area contributed by atoms with Crippen molar-refractivity contribution in [1.29, 1.82) is 0 Å². The summed E-state index contributed by atoms with van der Waals surface area (Å²) in [6, 6.07) is 13.2. The SMILES string of the molecule is COc1ccc(B2OC(C)(C)C(C)(C)O2)cc1C(CN)C(=O)Nc1ccc2cnccc2c1. The van der Waals surface area contributed by atoms with Crippen molar-refractivity contribution < 1.29 is 18.8 Å². The van der Waals surface area contributed by atoms with Crippen LogP contribution in [0.25, 0.3) is 10.8 Å². The lowest BCUT2D eigenvalue weighted by atomic mass is 9.77. The van der Waals surface area contributed by atoms with Gasteiger partial charge in [0.05, 0.1) is 24.2 Å². The Labute approximate surface area is 194 Å². The van der Waals surface area contributed by atoms with Gasteiger partial charge in [-0.15, -0.1) is 0 Å². The Morgan fingerprint density at radius 1 is 1.09 bits per heavy atom. The highest BCUT2D eigenvalue weighted by Crippen LogP contribution is 2.37. The van der Waals surface area contributed by atoms with Gasteiger partial charge in [0.25, 0.3) is 0 Å². The number of amides is 1. The van der Waals surface area contributed by atoms with Gasteiger partial charge in [0.2, 0.25) is 5.91 Å². The molecule has 0 bridgehead atoms. The molecule has 3 N–H and O–H groups in total. The number of hydrogen-bond donors (Lipinski definition) is 2. The number of rotatable bonds is 6. The van der Waals surface area contributed by atoms with E-state index in [1.54, 1.807) is 19.5 Å². The summed E-state index contributed by atoms with van der Waals surface area (Å²) in [6.45, 7) is 8.15. The lowest BCUT2D eigenvalue weighted by Gasteiger charge is -2.32. The Balaban J connectivity index is 1.62. The van der Waals surface area contributed by atoms with Crippen molar-refractivity contribution in [3.05, 3.63) is 60.4 Å². The number of anilines is 1. The number of carbonyl (C=O) groups excluding carboxylic acids is 1. The van der Waals surface area contributed by atoms with Gasteiger partial charge in [-0.3, -0.25) is 9.78 Å². The highest BCUT2D eigenvalue weighted by atomic mass is 16.7. The molecule has 8 heteroatoms. The van der Waals surface area contributed by atoms with Crippen LogP contribution in [0.15, 0.2) is 54.9 Å². The Kier molecular flexibility index (Phi) is 6.18. The van der Waals surface area contributed by atoms with E-state index >= 15 is 0 Å². The van der Waals surface area contributed by atoms with Crippen LogP contribution in [0.4, 0.5) is 5.69 Å². The van der Waals surface area contributed by atoms with Crippen LogP contribution in [0.3, 0.4) is 0 Å². The molecule has 1 unspecified atom stereocenters. The monoisotopic (exact) mass is 447 g/mol. The van der Waals surface area contributed by atoms with Gasteiger partial charge in [0.15, 0.2) is 0 Å². The molecule has 0 aliphatic carbocycles. The summed E-state index contributed by atoms with van der Waals surface area (Å²) in [5.74, 6) is -0.240. The minimum absolute atomic E-state index is 0.118. The van der Waals surface area contributed by atoms with Gasteiger partial charge in [-0.05, 0) is 62.8 Å². The van der Waals surface area contributed by atoms with Gasteiger partial charge in [-0.2, -0.15) is 0 Å². The van der Waals surface area contributed by atoms with Gasteiger partial charge >= 0.3 is 7.12 Å². The van der Waals surface area contributed by atoms with Crippen molar-refractivity contribution in [2.75, 3.05) is 19.0 Å². The normalized spacial score (nSPS) is 17.7. The van der Waals surface area contributed by atoms with E-state index in [-0.39, 0.29) is 12.5 Å². The molecule has 4 rings (SSSR count). The van der Waals surface area contributed by atoms with Crippen molar-refractivity contribution in [2.24, 2.45) is 5.73 Å². The highest BCUT2D eigenvalue weighted by molar-refractivity contribution is 6.62. The molecule has 0 radical (unpaired) electrons. The zero-order valence-corrected chi connectivity index (χ0v) is 19.7. The largest absolute Gasteiger partial charge is 0.496 e. The van der Waals surface area contributed by atoms with Crippen LogP contribution in [-0.4, -0.2) is 42.9 Å². The maximum Gasteiger partial charge on any atom is 0.494 e. The fourth-order valence-electron chi connectivity index (χ4n) is 3.92. The minimum Gasteiger partial charge on any atom is -0.496 e. The first-order valence-electron chi connectivity index (χ1n) is 11.0. The number of methoxy groups -OCH3 is 1. The lowest BCUT2D eigenvalue weighted by Crippen LogP contribution is -2.41. The number of hydrogen-bond acceptors (Lipinski definition) is 6. The molecule has 3 aromatic rings. The number of fused-ring (bicyclic) bond motifs is 1. The zero-order chi connectivity index (χ0) is 23.8. The first-order valence-corrected chi connectivity index (χ1v) is 11.0. The standard InChI is InChI=1S/C25H30BN3O4/c1-24(2)25(3,4)33-26(32-24)18-7-9-22(31-5)20(13-18)21(14-27)23(30)29-19-8-6-17-15-28-11-10-16(17)12-19/h6-13,15,21H,14,27H2,1-5H3,(H,29,30). The van der Waals surface area contributed by atoms with E-state index in [1.807, 2.05) is 70.2 Å². The second kappa shape index (κ2) is 8.78. The smallest absolute Gasteiger partial charge is 0.494 e. The molecular formula is C25H30BN3O4. The average molecular weight is 447 g/mol. The number of nitrogens with two attached hydrogens (primary N) is 1. The quantitative estimate of drug-likeness (QED) is 0.564. The highest BCUT2D eigenvalue weighted by Gasteiger charge is 2.51. The van der Waals surface area contributed by atoms with Crippen molar-refractivity contribution in [3.8, 4) is 5.75 Å². The summed E-state index contributed by atoms with van der Waals surface area (Å²) in [6.07, 6.45) is 3.51. The van der Waals surface area contributed by atoms with E-state index in [4.69, 9.17) is 19.8 Å². The van der Waals surface area contributed by atoms with E-state index in [9.17, 15) is 4.79 Å². The Hall–Kier alpha value is -2.94. The maximum absolute atomic E-state index is 13.3. The number of benzene rings is 2. The van der Waals surface area contributed by atoms with Crippen molar-refractivity contribution in [2.45, 2.75) is 44.8 Å². The number of ether oxygens (including phenoxy) is 1. The van der Waals surface area contributed by atoms with Gasteiger partial charge in [-0.25, -0.2) is 0 Å². The summed E-state index contributed by atoms with van der Waals surface area (Å²) < 4.78 is 17.9. The van der Waals surface area contributed by atoms with Crippen molar-refractivity contribution >= 4 is 34.9 Å². The third kappa shape index (κ3) is 4.46. The molecule has 1 amide bonds. The molecule has 0 spiro atoms. The summed E-state index contributed by atoms with van der Waals surface area (Å²) in [7, 11) is 1.03. The first-order chi connectivity index (χ1) is 15.6. The number of carbonyl (C=O) groups is 1. The molecule has 33 heavy (non-hydrogen) atoms. The Bertz CT molecular complexity index is 1170. The molecule has 1 fully saturated rings. The summed E-state index contributed by atoms with van der Waals surface area (Å²) in [5.41, 5.74) is 7.34. The molecule has 0 saturated carbocycles. The summed E-state index contributed by atoms with van der Waals surface area (Å²) in [5, 5.41) is 4.99.